The smallest absolute Gasteiger partial charge is 0.220 e. The van der Waals surface area contributed by atoms with Gasteiger partial charge >= 0.3 is 0 Å². The molecule has 58 valence electrons. The van der Waals surface area contributed by atoms with E-state index < -0.39 is 0 Å². The minimum absolute atomic E-state index is 0.123. The maximum Gasteiger partial charge on any atom is 0.220 e. The Labute approximate surface area is 69.3 Å². The molecule has 2 N–H and O–H groups in total. The quantitative estimate of drug-likeness (QED) is 0.648. The van der Waals surface area contributed by atoms with Crippen LogP contribution in [0.5, 0.6) is 0 Å². The van der Waals surface area contributed by atoms with Crippen LogP contribution in [0.15, 0.2) is 0 Å². The number of primary amides is 1. The Hall–Kier alpha value is -0.0500. The van der Waals surface area contributed by atoms with Gasteiger partial charge in [0.25, 0.3) is 0 Å². The van der Waals surface area contributed by atoms with Gasteiger partial charge in [-0.2, -0.15) is 0 Å². The maximum atomic E-state index is 10.7. The Bertz CT molecular complexity index is 138. The fraction of sp³-hybridized carbons (Fsp3) is 0.857. The first kappa shape index (κ1) is 8.05. The van der Waals surface area contributed by atoms with Crippen LogP contribution in [0, 0.1) is 5.92 Å². The van der Waals surface area contributed by atoms with Gasteiger partial charge in [-0.3, -0.25) is 4.79 Å². The predicted molar refractivity (Wildman–Crippen MR) is 43.9 cm³/mol. The highest BCUT2D eigenvalue weighted by atomic mass is 79.9. The van der Waals surface area contributed by atoms with Gasteiger partial charge in [-0.1, -0.05) is 22.4 Å². The van der Waals surface area contributed by atoms with Gasteiger partial charge in [-0.15, -0.1) is 0 Å². The third-order valence-corrected chi connectivity index (χ3v) is 2.84. The molecule has 1 rings (SSSR count). The van der Waals surface area contributed by atoms with E-state index in [0.29, 0.717) is 4.83 Å². The fourth-order valence-electron chi connectivity index (χ4n) is 1.39. The second-order valence-electron chi connectivity index (χ2n) is 2.86. The Morgan fingerprint density at radius 1 is 1.50 bits per heavy atom. The molecule has 0 aliphatic heterocycles. The number of alkyl halides is 1. The normalized spacial score (nSPS) is 33.7. The lowest BCUT2D eigenvalue weighted by Crippen LogP contribution is -2.28. The number of rotatable bonds is 1. The van der Waals surface area contributed by atoms with E-state index >= 15 is 0 Å². The van der Waals surface area contributed by atoms with Crippen LogP contribution in [0.1, 0.15) is 25.7 Å². The zero-order valence-electron chi connectivity index (χ0n) is 5.85. The molecule has 0 aromatic heterocycles. The van der Waals surface area contributed by atoms with E-state index in [0.717, 1.165) is 19.3 Å². The van der Waals surface area contributed by atoms with E-state index in [1.165, 1.54) is 6.42 Å². The third kappa shape index (κ3) is 1.97. The monoisotopic (exact) mass is 205 g/mol. The molecule has 2 atom stereocenters. The average molecular weight is 206 g/mol. The summed E-state index contributed by atoms with van der Waals surface area (Å²) in [4.78, 5) is 11.2. The van der Waals surface area contributed by atoms with E-state index in [1.54, 1.807) is 0 Å². The van der Waals surface area contributed by atoms with Crippen LogP contribution in [-0.2, 0) is 4.79 Å². The second-order valence-corrected chi connectivity index (χ2v) is 4.16. The van der Waals surface area contributed by atoms with Gasteiger partial charge in [0.05, 0.1) is 0 Å². The Morgan fingerprint density at radius 3 is 2.60 bits per heavy atom. The molecule has 1 amide bonds. The molecule has 1 saturated carbocycles. The molecule has 0 bridgehead atoms. The summed E-state index contributed by atoms with van der Waals surface area (Å²) in [6.45, 7) is 0. The molecule has 1 aliphatic carbocycles. The number of amides is 1. The van der Waals surface area contributed by atoms with Crippen molar-refractivity contribution in [1.82, 2.24) is 0 Å². The molecule has 10 heavy (non-hydrogen) atoms. The van der Waals surface area contributed by atoms with Gasteiger partial charge < -0.3 is 5.73 Å². The van der Waals surface area contributed by atoms with E-state index in [-0.39, 0.29) is 11.8 Å². The standard InChI is InChI=1S/C7H12BrNO/c8-6-3-1-2-5(4-6)7(9)10/h5-6H,1-4H2,(H2,9,10). The number of nitrogens with two attached hydrogens (primary N) is 1. The summed E-state index contributed by atoms with van der Waals surface area (Å²) in [6, 6.07) is 0. The summed E-state index contributed by atoms with van der Waals surface area (Å²) in [5.41, 5.74) is 5.17. The molecule has 1 aliphatic rings. The van der Waals surface area contributed by atoms with Crippen molar-refractivity contribution in [2.45, 2.75) is 30.5 Å². The number of hydrogen-bond acceptors (Lipinski definition) is 1. The van der Waals surface area contributed by atoms with E-state index in [4.69, 9.17) is 5.73 Å². The molecule has 0 aromatic rings. The van der Waals surface area contributed by atoms with E-state index in [9.17, 15) is 4.79 Å². The maximum absolute atomic E-state index is 10.7. The van der Waals surface area contributed by atoms with Crippen LogP contribution >= 0.6 is 15.9 Å². The van der Waals surface area contributed by atoms with Crippen molar-refractivity contribution in [3.8, 4) is 0 Å². The van der Waals surface area contributed by atoms with E-state index in [2.05, 4.69) is 15.9 Å². The van der Waals surface area contributed by atoms with Gasteiger partial charge in [0.2, 0.25) is 5.91 Å². The summed E-state index contributed by atoms with van der Waals surface area (Å²) < 4.78 is 0. The predicted octanol–water partition coefficient (Wildman–Crippen LogP) is 1.43. The van der Waals surface area contributed by atoms with Crippen molar-refractivity contribution < 1.29 is 4.79 Å². The van der Waals surface area contributed by atoms with Crippen molar-refractivity contribution in [2.24, 2.45) is 11.7 Å². The van der Waals surface area contributed by atoms with E-state index in [1.807, 2.05) is 0 Å². The topological polar surface area (TPSA) is 43.1 Å². The zero-order chi connectivity index (χ0) is 7.56. The second kappa shape index (κ2) is 3.37. The number of carbonyl (C=O) groups excluding carboxylic acids is 1. The number of halogens is 1. The van der Waals surface area contributed by atoms with Crippen molar-refractivity contribution >= 4 is 21.8 Å². The van der Waals surface area contributed by atoms with Crippen LogP contribution in [0.2, 0.25) is 0 Å². The molecule has 0 radical (unpaired) electrons. The van der Waals surface area contributed by atoms with Gasteiger partial charge in [-0.25, -0.2) is 0 Å². The van der Waals surface area contributed by atoms with Gasteiger partial charge in [0.15, 0.2) is 0 Å². The molecule has 0 saturated heterocycles. The molecular weight excluding hydrogens is 194 g/mol. The first-order valence-electron chi connectivity index (χ1n) is 3.63. The Balaban J connectivity index is 2.39. The lowest BCUT2D eigenvalue weighted by Gasteiger charge is -2.22. The summed E-state index contributed by atoms with van der Waals surface area (Å²) in [7, 11) is 0. The molecule has 2 unspecified atom stereocenters. The van der Waals surface area contributed by atoms with Crippen molar-refractivity contribution in [2.75, 3.05) is 0 Å². The largest absolute Gasteiger partial charge is 0.369 e. The summed E-state index contributed by atoms with van der Waals surface area (Å²) in [5, 5.41) is 0. The van der Waals surface area contributed by atoms with Crippen LogP contribution in [-0.4, -0.2) is 10.7 Å². The minimum Gasteiger partial charge on any atom is -0.369 e. The van der Waals surface area contributed by atoms with Crippen molar-refractivity contribution in [3.05, 3.63) is 0 Å². The Kier molecular flexibility index (Phi) is 2.72. The highest BCUT2D eigenvalue weighted by Crippen LogP contribution is 2.28. The number of carbonyl (C=O) groups is 1. The van der Waals surface area contributed by atoms with Crippen molar-refractivity contribution in [1.29, 1.82) is 0 Å². The first-order chi connectivity index (χ1) is 4.70. The van der Waals surface area contributed by atoms with Crippen molar-refractivity contribution in [3.63, 3.8) is 0 Å². The molecular formula is C7H12BrNO. The molecule has 0 heterocycles. The van der Waals surface area contributed by atoms with Crippen LogP contribution < -0.4 is 5.73 Å². The summed E-state index contributed by atoms with van der Waals surface area (Å²) in [6.07, 6.45) is 4.22. The average Bonchev–Trinajstić information content (AvgIpc) is 1.88. The van der Waals surface area contributed by atoms with Gasteiger partial charge in [0, 0.05) is 10.7 Å². The summed E-state index contributed by atoms with van der Waals surface area (Å²) >= 11 is 3.49. The molecule has 1 fully saturated rings. The molecule has 3 heteroatoms. The van der Waals surface area contributed by atoms with Gasteiger partial charge in [-0.05, 0) is 19.3 Å². The molecule has 0 aromatic carbocycles. The van der Waals surface area contributed by atoms with Crippen LogP contribution in [0.25, 0.3) is 0 Å². The Morgan fingerprint density at radius 2 is 2.20 bits per heavy atom. The number of hydrogen-bond donors (Lipinski definition) is 1. The molecule has 0 spiro atoms. The van der Waals surface area contributed by atoms with Crippen LogP contribution in [0.3, 0.4) is 0 Å². The SMILES string of the molecule is NC(=O)C1CCCC(Br)C1. The lowest BCUT2D eigenvalue weighted by molar-refractivity contribution is -0.122. The minimum atomic E-state index is -0.135. The lowest BCUT2D eigenvalue weighted by atomic mass is 9.89. The fourth-order valence-corrected chi connectivity index (χ4v) is 2.16. The van der Waals surface area contributed by atoms with Gasteiger partial charge in [0.1, 0.15) is 0 Å². The highest BCUT2D eigenvalue weighted by molar-refractivity contribution is 9.09. The highest BCUT2D eigenvalue weighted by Gasteiger charge is 2.23. The zero-order valence-corrected chi connectivity index (χ0v) is 7.43. The summed E-state index contributed by atoms with van der Waals surface area (Å²) in [5.74, 6) is -0.0118. The van der Waals surface area contributed by atoms with Crippen LogP contribution in [0.4, 0.5) is 0 Å². The molecule has 2 nitrogen and oxygen atoms in total. The third-order valence-electron chi connectivity index (χ3n) is 2.01. The first-order valence-corrected chi connectivity index (χ1v) is 4.55.